The van der Waals surface area contributed by atoms with Crippen LogP contribution in [0.15, 0.2) is 24.3 Å². The van der Waals surface area contributed by atoms with Crippen LogP contribution < -0.4 is 5.32 Å². The highest BCUT2D eigenvalue weighted by molar-refractivity contribution is 6.30. The van der Waals surface area contributed by atoms with Crippen LogP contribution in [0, 0.1) is 0 Å². The van der Waals surface area contributed by atoms with Gasteiger partial charge in [-0.25, -0.2) is 0 Å². The number of benzene rings is 1. The molecule has 0 unspecified atom stereocenters. The quantitative estimate of drug-likeness (QED) is 0.664. The number of nitrogens with one attached hydrogen (secondary N) is 1. The number of hydrogen-bond donors (Lipinski definition) is 1. The number of halogens is 1. The highest BCUT2D eigenvalue weighted by Gasteiger charge is 2.23. The molecule has 1 fully saturated rings. The van der Waals surface area contributed by atoms with E-state index in [9.17, 15) is 9.59 Å². The predicted molar refractivity (Wildman–Crippen MR) is 100 cm³/mol. The molecule has 26 heavy (non-hydrogen) atoms. The van der Waals surface area contributed by atoms with Crippen molar-refractivity contribution in [2.45, 2.75) is 31.7 Å². The second-order valence-electron chi connectivity index (χ2n) is 6.39. The van der Waals surface area contributed by atoms with Gasteiger partial charge in [-0.15, -0.1) is 0 Å². The smallest absolute Gasteiger partial charge is 0.246 e. The van der Waals surface area contributed by atoms with Crippen molar-refractivity contribution in [2.75, 3.05) is 40.0 Å². The lowest BCUT2D eigenvalue weighted by molar-refractivity contribution is -0.132. The van der Waals surface area contributed by atoms with E-state index in [1.165, 1.54) is 0 Å². The Labute approximate surface area is 159 Å². The van der Waals surface area contributed by atoms with Crippen molar-refractivity contribution in [3.63, 3.8) is 0 Å². The van der Waals surface area contributed by atoms with Crippen LogP contribution in [0.2, 0.25) is 5.02 Å². The van der Waals surface area contributed by atoms with E-state index in [0.717, 1.165) is 18.4 Å². The monoisotopic (exact) mass is 382 g/mol. The van der Waals surface area contributed by atoms with E-state index in [-0.39, 0.29) is 24.5 Å². The summed E-state index contributed by atoms with van der Waals surface area (Å²) in [6.07, 6.45) is 2.75. The molecule has 0 bridgehead atoms. The fourth-order valence-corrected chi connectivity index (χ4v) is 3.04. The van der Waals surface area contributed by atoms with E-state index in [4.69, 9.17) is 21.1 Å². The van der Waals surface area contributed by atoms with Gasteiger partial charge >= 0.3 is 0 Å². The number of carbonyl (C=O) groups is 2. The minimum Gasteiger partial charge on any atom is -0.382 e. The number of piperidine rings is 1. The van der Waals surface area contributed by atoms with Crippen LogP contribution in [-0.2, 0) is 25.5 Å². The average Bonchev–Trinajstić information content (AvgIpc) is 2.65. The van der Waals surface area contributed by atoms with Crippen LogP contribution in [0.3, 0.4) is 0 Å². The topological polar surface area (TPSA) is 67.9 Å². The summed E-state index contributed by atoms with van der Waals surface area (Å²) >= 11 is 5.87. The molecular formula is C19H27ClN2O4. The van der Waals surface area contributed by atoms with E-state index in [1.807, 2.05) is 29.2 Å². The molecule has 0 saturated carbocycles. The number of ether oxygens (including phenoxy) is 2. The van der Waals surface area contributed by atoms with Gasteiger partial charge in [-0.3, -0.25) is 9.59 Å². The van der Waals surface area contributed by atoms with Gasteiger partial charge in [0, 0.05) is 37.7 Å². The zero-order valence-electron chi connectivity index (χ0n) is 15.2. The summed E-state index contributed by atoms with van der Waals surface area (Å²) in [7, 11) is 1.59. The van der Waals surface area contributed by atoms with Gasteiger partial charge in [-0.1, -0.05) is 23.7 Å². The van der Waals surface area contributed by atoms with E-state index in [0.29, 0.717) is 44.2 Å². The molecular weight excluding hydrogens is 356 g/mol. The number of hydrogen-bond acceptors (Lipinski definition) is 4. The standard InChI is InChI=1S/C19H27ClN2O4/c1-25-12-13-26-14-18(23)21-17-8-10-22(11-9-17)19(24)7-4-15-2-5-16(20)6-3-15/h2-3,5-6,17H,4,7-14H2,1H3,(H,21,23). The number of rotatable bonds is 9. The van der Waals surface area contributed by atoms with Crippen molar-refractivity contribution in [1.29, 1.82) is 0 Å². The summed E-state index contributed by atoms with van der Waals surface area (Å²) in [4.78, 5) is 26.0. The van der Waals surface area contributed by atoms with Gasteiger partial charge in [0.1, 0.15) is 6.61 Å². The molecule has 144 valence electrons. The molecule has 2 rings (SSSR count). The molecule has 0 atom stereocenters. The van der Waals surface area contributed by atoms with E-state index >= 15 is 0 Å². The van der Waals surface area contributed by atoms with Crippen molar-refractivity contribution in [3.05, 3.63) is 34.9 Å². The van der Waals surface area contributed by atoms with Crippen molar-refractivity contribution < 1.29 is 19.1 Å². The number of carbonyl (C=O) groups excluding carboxylic acids is 2. The summed E-state index contributed by atoms with van der Waals surface area (Å²) in [5.74, 6) is 0.0428. The third-order valence-corrected chi connectivity index (χ3v) is 4.67. The Balaban J connectivity index is 1.63. The molecule has 1 aliphatic heterocycles. The fraction of sp³-hybridized carbons (Fsp3) is 0.579. The Kier molecular flexibility index (Phi) is 8.88. The molecule has 0 aromatic heterocycles. The third kappa shape index (κ3) is 7.32. The first-order valence-corrected chi connectivity index (χ1v) is 9.34. The van der Waals surface area contributed by atoms with E-state index < -0.39 is 0 Å². The van der Waals surface area contributed by atoms with Gasteiger partial charge in [0.25, 0.3) is 0 Å². The van der Waals surface area contributed by atoms with Gasteiger partial charge in [0.05, 0.1) is 13.2 Å². The molecule has 1 saturated heterocycles. The molecule has 0 radical (unpaired) electrons. The Morgan fingerprint density at radius 2 is 1.88 bits per heavy atom. The Bertz CT molecular complexity index is 571. The Morgan fingerprint density at radius 1 is 1.19 bits per heavy atom. The Hall–Kier alpha value is -1.63. The van der Waals surface area contributed by atoms with Gasteiger partial charge in [0.15, 0.2) is 0 Å². The first kappa shape index (κ1) is 20.7. The van der Waals surface area contributed by atoms with Crippen LogP contribution in [0.4, 0.5) is 0 Å². The molecule has 6 nitrogen and oxygen atoms in total. The molecule has 1 N–H and O–H groups in total. The minimum atomic E-state index is -0.117. The fourth-order valence-electron chi connectivity index (χ4n) is 2.91. The molecule has 1 aliphatic rings. The van der Waals surface area contributed by atoms with Gasteiger partial charge < -0.3 is 19.7 Å². The lowest BCUT2D eigenvalue weighted by Gasteiger charge is -2.32. The molecule has 1 heterocycles. The maximum absolute atomic E-state index is 12.4. The molecule has 1 aromatic rings. The number of methoxy groups -OCH3 is 1. The first-order valence-electron chi connectivity index (χ1n) is 8.96. The van der Waals surface area contributed by atoms with Crippen molar-refractivity contribution in [1.82, 2.24) is 10.2 Å². The predicted octanol–water partition coefficient (Wildman–Crippen LogP) is 2.04. The van der Waals surface area contributed by atoms with Crippen molar-refractivity contribution in [3.8, 4) is 0 Å². The second kappa shape index (κ2) is 11.2. The molecule has 0 aliphatic carbocycles. The second-order valence-corrected chi connectivity index (χ2v) is 6.83. The lowest BCUT2D eigenvalue weighted by atomic mass is 10.0. The lowest BCUT2D eigenvalue weighted by Crippen LogP contribution is -2.47. The summed E-state index contributed by atoms with van der Waals surface area (Å²) in [6, 6.07) is 7.69. The SMILES string of the molecule is COCCOCC(=O)NC1CCN(C(=O)CCc2ccc(Cl)cc2)CC1. The third-order valence-electron chi connectivity index (χ3n) is 4.42. The van der Waals surface area contributed by atoms with Gasteiger partial charge in [-0.2, -0.15) is 0 Å². The summed E-state index contributed by atoms with van der Waals surface area (Å²) in [6.45, 7) is 2.28. The van der Waals surface area contributed by atoms with Crippen LogP contribution >= 0.6 is 11.6 Å². The van der Waals surface area contributed by atoms with Crippen LogP contribution in [0.1, 0.15) is 24.8 Å². The Morgan fingerprint density at radius 3 is 2.54 bits per heavy atom. The zero-order chi connectivity index (χ0) is 18.8. The van der Waals surface area contributed by atoms with Crippen LogP contribution in [0.5, 0.6) is 0 Å². The number of likely N-dealkylation sites (tertiary alicyclic amines) is 1. The van der Waals surface area contributed by atoms with Gasteiger partial charge in [0.2, 0.25) is 11.8 Å². The molecule has 0 spiro atoms. The van der Waals surface area contributed by atoms with Crippen LogP contribution in [-0.4, -0.2) is 62.8 Å². The number of aryl methyl sites for hydroxylation is 1. The number of amides is 2. The van der Waals surface area contributed by atoms with Crippen molar-refractivity contribution >= 4 is 23.4 Å². The number of nitrogens with zero attached hydrogens (tertiary/aromatic N) is 1. The minimum absolute atomic E-state index is 0.0452. The average molecular weight is 383 g/mol. The van der Waals surface area contributed by atoms with Gasteiger partial charge in [-0.05, 0) is 37.0 Å². The highest BCUT2D eigenvalue weighted by Crippen LogP contribution is 2.14. The van der Waals surface area contributed by atoms with E-state index in [1.54, 1.807) is 7.11 Å². The normalized spacial score (nSPS) is 15.1. The van der Waals surface area contributed by atoms with E-state index in [2.05, 4.69) is 5.32 Å². The molecule has 2 amide bonds. The van der Waals surface area contributed by atoms with Crippen LogP contribution in [0.25, 0.3) is 0 Å². The molecule has 1 aromatic carbocycles. The first-order chi connectivity index (χ1) is 12.6. The summed E-state index contributed by atoms with van der Waals surface area (Å²) < 4.78 is 10.1. The largest absolute Gasteiger partial charge is 0.382 e. The maximum Gasteiger partial charge on any atom is 0.246 e. The maximum atomic E-state index is 12.4. The molecule has 7 heteroatoms. The zero-order valence-corrected chi connectivity index (χ0v) is 16.0. The highest BCUT2D eigenvalue weighted by atomic mass is 35.5. The van der Waals surface area contributed by atoms with Crippen molar-refractivity contribution in [2.24, 2.45) is 0 Å². The summed E-state index contributed by atoms with van der Waals surface area (Å²) in [5.41, 5.74) is 1.11. The summed E-state index contributed by atoms with van der Waals surface area (Å²) in [5, 5.41) is 3.67.